The number of hydrogen-bond donors (Lipinski definition) is 2. The van der Waals surface area contributed by atoms with Crippen LogP contribution in [0, 0.1) is 6.92 Å². The fraction of sp³-hybridized carbons (Fsp3) is 0.333. The van der Waals surface area contributed by atoms with E-state index in [0.29, 0.717) is 30.5 Å². The van der Waals surface area contributed by atoms with Gasteiger partial charge < -0.3 is 24.5 Å². The summed E-state index contributed by atoms with van der Waals surface area (Å²) in [6.07, 6.45) is 2.45. The molecule has 1 heterocycles. The van der Waals surface area contributed by atoms with Gasteiger partial charge >= 0.3 is 0 Å². The number of oxazole rings is 1. The Morgan fingerprint density at radius 1 is 1.03 bits per heavy atom. The van der Waals surface area contributed by atoms with Crippen LogP contribution in [0.1, 0.15) is 23.7 Å². The lowest BCUT2D eigenvalue weighted by molar-refractivity contribution is 0.354. The number of rotatable bonds is 9. The van der Waals surface area contributed by atoms with Gasteiger partial charge in [0.1, 0.15) is 6.26 Å². The van der Waals surface area contributed by atoms with Gasteiger partial charge in [-0.05, 0) is 43.7 Å². The van der Waals surface area contributed by atoms with Crippen molar-refractivity contribution in [2.75, 3.05) is 27.3 Å². The second-order valence-corrected chi connectivity index (χ2v) is 7.07. The largest absolute Gasteiger partial charge is 0.493 e. The quantitative estimate of drug-likeness (QED) is 0.231. The maximum atomic E-state index is 5.63. The van der Waals surface area contributed by atoms with E-state index in [1.165, 1.54) is 5.56 Å². The number of aliphatic imine (C=N–C) groups is 1. The predicted octanol–water partition coefficient (Wildman–Crippen LogP) is 4.58. The third kappa shape index (κ3) is 7.15. The molecule has 0 unspecified atom stereocenters. The van der Waals surface area contributed by atoms with Crippen LogP contribution in [-0.2, 0) is 13.0 Å². The number of guanidine groups is 1. The van der Waals surface area contributed by atoms with Gasteiger partial charge in [0.2, 0.25) is 5.89 Å². The summed E-state index contributed by atoms with van der Waals surface area (Å²) in [5.41, 5.74) is 4.13. The van der Waals surface area contributed by atoms with Crippen molar-refractivity contribution in [2.24, 2.45) is 4.99 Å². The first-order chi connectivity index (χ1) is 15.1. The Morgan fingerprint density at radius 2 is 1.78 bits per heavy atom. The normalized spacial score (nSPS) is 10.9. The summed E-state index contributed by atoms with van der Waals surface area (Å²) in [7, 11) is 3.26. The molecule has 7 nitrogen and oxygen atoms in total. The number of ether oxygens (including phenoxy) is 2. The molecule has 0 saturated carbocycles. The monoisotopic (exact) mass is 550 g/mol. The summed E-state index contributed by atoms with van der Waals surface area (Å²) in [5.74, 6) is 2.80. The van der Waals surface area contributed by atoms with E-state index in [2.05, 4.69) is 39.7 Å². The molecule has 3 aromatic rings. The molecule has 0 bridgehead atoms. The highest BCUT2D eigenvalue weighted by Crippen LogP contribution is 2.27. The summed E-state index contributed by atoms with van der Waals surface area (Å²) < 4.78 is 16.3. The number of benzene rings is 2. The van der Waals surface area contributed by atoms with Gasteiger partial charge in [0.15, 0.2) is 17.5 Å². The van der Waals surface area contributed by atoms with Crippen molar-refractivity contribution in [3.8, 4) is 23.0 Å². The molecule has 0 amide bonds. The summed E-state index contributed by atoms with van der Waals surface area (Å²) in [4.78, 5) is 9.25. The van der Waals surface area contributed by atoms with Crippen LogP contribution >= 0.6 is 24.0 Å². The summed E-state index contributed by atoms with van der Waals surface area (Å²) >= 11 is 0. The Labute approximate surface area is 206 Å². The van der Waals surface area contributed by atoms with Crippen molar-refractivity contribution >= 4 is 29.9 Å². The molecular formula is C24H31IN4O3. The van der Waals surface area contributed by atoms with Crippen LogP contribution in [0.4, 0.5) is 0 Å². The van der Waals surface area contributed by atoms with Gasteiger partial charge in [0, 0.05) is 25.1 Å². The first-order valence-corrected chi connectivity index (χ1v) is 10.4. The van der Waals surface area contributed by atoms with Crippen LogP contribution in [0.25, 0.3) is 11.5 Å². The van der Waals surface area contributed by atoms with Crippen molar-refractivity contribution in [1.29, 1.82) is 0 Å². The zero-order valence-corrected chi connectivity index (χ0v) is 21.3. The van der Waals surface area contributed by atoms with Crippen LogP contribution in [0.2, 0.25) is 0 Å². The van der Waals surface area contributed by atoms with E-state index < -0.39 is 0 Å². The number of aryl methyl sites for hydroxylation is 1. The molecule has 3 rings (SSSR count). The van der Waals surface area contributed by atoms with Crippen LogP contribution in [0.5, 0.6) is 11.5 Å². The predicted molar refractivity (Wildman–Crippen MR) is 138 cm³/mol. The van der Waals surface area contributed by atoms with E-state index in [1.54, 1.807) is 20.5 Å². The second kappa shape index (κ2) is 12.9. The van der Waals surface area contributed by atoms with E-state index in [4.69, 9.17) is 13.9 Å². The van der Waals surface area contributed by atoms with Crippen LogP contribution in [0.3, 0.4) is 0 Å². The van der Waals surface area contributed by atoms with Gasteiger partial charge in [-0.15, -0.1) is 24.0 Å². The van der Waals surface area contributed by atoms with E-state index in [9.17, 15) is 0 Å². The Balaban J connectivity index is 0.00000363. The Bertz CT molecular complexity index is 1000. The second-order valence-electron chi connectivity index (χ2n) is 7.07. The van der Waals surface area contributed by atoms with Crippen LogP contribution in [-0.4, -0.2) is 38.3 Å². The molecule has 8 heteroatoms. The third-order valence-corrected chi connectivity index (χ3v) is 4.74. The number of nitrogens with zero attached hydrogens (tertiary/aromatic N) is 2. The smallest absolute Gasteiger partial charge is 0.226 e. The molecule has 1 aromatic heterocycles. The van der Waals surface area contributed by atoms with Gasteiger partial charge in [-0.1, -0.05) is 23.8 Å². The lowest BCUT2D eigenvalue weighted by Crippen LogP contribution is -2.38. The van der Waals surface area contributed by atoms with Gasteiger partial charge in [-0.3, -0.25) is 0 Å². The van der Waals surface area contributed by atoms with Crippen molar-refractivity contribution in [3.63, 3.8) is 0 Å². The van der Waals surface area contributed by atoms with Gasteiger partial charge in [0.05, 0.1) is 26.5 Å². The molecule has 2 aromatic carbocycles. The molecule has 32 heavy (non-hydrogen) atoms. The highest BCUT2D eigenvalue weighted by molar-refractivity contribution is 14.0. The standard InChI is InChI=1S/C24H30N4O3.HI/c1-5-25-24(27-15-18-8-11-21(29-3)22(14-18)30-4)26-13-12-20-16-31-23(28-20)19-9-6-17(2)7-10-19;/h6-11,14,16H,5,12-13,15H2,1-4H3,(H2,25,26,27);1H. The highest BCUT2D eigenvalue weighted by Gasteiger charge is 2.08. The minimum absolute atomic E-state index is 0. The zero-order valence-electron chi connectivity index (χ0n) is 19.0. The average Bonchev–Trinajstić information content (AvgIpc) is 3.26. The molecule has 0 saturated heterocycles. The lowest BCUT2D eigenvalue weighted by Gasteiger charge is -2.11. The van der Waals surface area contributed by atoms with Gasteiger partial charge in [-0.25, -0.2) is 9.98 Å². The summed E-state index contributed by atoms with van der Waals surface area (Å²) in [6, 6.07) is 14.0. The van der Waals surface area contributed by atoms with E-state index in [1.807, 2.05) is 37.3 Å². The Hall–Kier alpha value is -2.75. The molecule has 2 N–H and O–H groups in total. The fourth-order valence-corrected chi connectivity index (χ4v) is 3.05. The van der Waals surface area contributed by atoms with Gasteiger partial charge in [-0.2, -0.15) is 0 Å². The van der Waals surface area contributed by atoms with Crippen LogP contribution < -0.4 is 20.1 Å². The maximum absolute atomic E-state index is 5.63. The number of methoxy groups -OCH3 is 2. The van der Waals surface area contributed by atoms with Crippen molar-refractivity contribution < 1.29 is 13.9 Å². The fourth-order valence-electron chi connectivity index (χ4n) is 3.05. The molecule has 0 spiro atoms. The van der Waals surface area contributed by atoms with Crippen molar-refractivity contribution in [1.82, 2.24) is 15.6 Å². The van der Waals surface area contributed by atoms with E-state index in [0.717, 1.165) is 35.7 Å². The molecule has 0 fully saturated rings. The molecule has 0 aliphatic heterocycles. The first kappa shape index (κ1) is 25.5. The van der Waals surface area contributed by atoms with Gasteiger partial charge in [0.25, 0.3) is 0 Å². The van der Waals surface area contributed by atoms with Crippen molar-refractivity contribution in [2.45, 2.75) is 26.8 Å². The number of hydrogen-bond acceptors (Lipinski definition) is 5. The number of halogens is 1. The highest BCUT2D eigenvalue weighted by atomic mass is 127. The van der Waals surface area contributed by atoms with Crippen LogP contribution in [0.15, 0.2) is 58.1 Å². The molecule has 0 aliphatic carbocycles. The lowest BCUT2D eigenvalue weighted by atomic mass is 10.1. The number of nitrogens with one attached hydrogen (secondary N) is 2. The molecule has 172 valence electrons. The minimum Gasteiger partial charge on any atom is -0.493 e. The van der Waals surface area contributed by atoms with Crippen molar-refractivity contribution in [3.05, 3.63) is 65.5 Å². The first-order valence-electron chi connectivity index (χ1n) is 10.4. The van der Waals surface area contributed by atoms with E-state index >= 15 is 0 Å². The molecular weight excluding hydrogens is 519 g/mol. The summed E-state index contributed by atoms with van der Waals surface area (Å²) in [6.45, 7) is 6.10. The number of aromatic nitrogens is 1. The minimum atomic E-state index is 0. The maximum Gasteiger partial charge on any atom is 0.226 e. The zero-order chi connectivity index (χ0) is 22.1. The Morgan fingerprint density at radius 3 is 2.47 bits per heavy atom. The Kier molecular flexibility index (Phi) is 10.3. The topological polar surface area (TPSA) is 80.9 Å². The third-order valence-electron chi connectivity index (χ3n) is 4.74. The van der Waals surface area contributed by atoms with E-state index in [-0.39, 0.29) is 24.0 Å². The molecule has 0 radical (unpaired) electrons. The molecule has 0 atom stereocenters. The SMILES string of the molecule is CCNC(=NCc1ccc(OC)c(OC)c1)NCCc1coc(-c2ccc(C)cc2)n1.I. The average molecular weight is 550 g/mol. The molecule has 0 aliphatic rings. The summed E-state index contributed by atoms with van der Waals surface area (Å²) in [5, 5.41) is 6.61.